The lowest BCUT2D eigenvalue weighted by molar-refractivity contribution is -0.127. The molecule has 0 aliphatic heterocycles. The van der Waals surface area contributed by atoms with Crippen LogP contribution in [0.25, 0.3) is 0 Å². The maximum absolute atomic E-state index is 11.2. The van der Waals surface area contributed by atoms with Crippen molar-refractivity contribution in [1.82, 2.24) is 5.43 Å². The first-order chi connectivity index (χ1) is 7.58. The van der Waals surface area contributed by atoms with Gasteiger partial charge in [0.2, 0.25) is 0 Å². The second-order valence-electron chi connectivity index (χ2n) is 3.42. The van der Waals surface area contributed by atoms with Crippen LogP contribution in [-0.4, -0.2) is 19.1 Å². The van der Waals surface area contributed by atoms with Gasteiger partial charge in [-0.05, 0) is 31.5 Å². The molecule has 0 aliphatic carbocycles. The van der Waals surface area contributed by atoms with Crippen LogP contribution < -0.4 is 20.7 Å². The first-order valence-corrected chi connectivity index (χ1v) is 4.90. The standard InChI is InChI=1S/C11H16N2O3/c1-7-4-5-9(10(6-7)15-3)16-8(2)11(14)13-12/h4-6,8H,12H2,1-3H3,(H,13,14). The summed E-state index contributed by atoms with van der Waals surface area (Å²) in [7, 11) is 1.55. The Morgan fingerprint density at radius 3 is 2.69 bits per heavy atom. The monoisotopic (exact) mass is 224 g/mol. The maximum atomic E-state index is 11.2. The minimum absolute atomic E-state index is 0.386. The smallest absolute Gasteiger partial charge is 0.274 e. The number of hydrazine groups is 1. The van der Waals surface area contributed by atoms with E-state index in [1.807, 2.05) is 24.5 Å². The molecule has 16 heavy (non-hydrogen) atoms. The number of hydrogen-bond acceptors (Lipinski definition) is 4. The van der Waals surface area contributed by atoms with Crippen LogP contribution in [0.15, 0.2) is 18.2 Å². The predicted molar refractivity (Wildman–Crippen MR) is 60.2 cm³/mol. The van der Waals surface area contributed by atoms with Crippen LogP contribution in [0.2, 0.25) is 0 Å². The molecule has 0 aromatic heterocycles. The Hall–Kier alpha value is -1.75. The Balaban J connectivity index is 2.84. The van der Waals surface area contributed by atoms with E-state index in [4.69, 9.17) is 15.3 Å². The van der Waals surface area contributed by atoms with E-state index in [0.29, 0.717) is 11.5 Å². The quantitative estimate of drug-likeness (QED) is 0.450. The molecule has 1 atom stereocenters. The molecule has 1 aromatic rings. The van der Waals surface area contributed by atoms with Crippen molar-refractivity contribution < 1.29 is 14.3 Å². The summed E-state index contributed by atoms with van der Waals surface area (Å²) in [5.74, 6) is 5.74. The number of hydrogen-bond donors (Lipinski definition) is 2. The van der Waals surface area contributed by atoms with Gasteiger partial charge in [0.25, 0.3) is 5.91 Å². The second-order valence-corrected chi connectivity index (χ2v) is 3.42. The molecule has 0 radical (unpaired) electrons. The van der Waals surface area contributed by atoms with E-state index in [9.17, 15) is 4.79 Å². The van der Waals surface area contributed by atoms with Crippen molar-refractivity contribution in [3.63, 3.8) is 0 Å². The third-order valence-electron chi connectivity index (χ3n) is 2.13. The van der Waals surface area contributed by atoms with Gasteiger partial charge in [-0.3, -0.25) is 10.2 Å². The Labute approximate surface area is 94.5 Å². The molecule has 5 heteroatoms. The van der Waals surface area contributed by atoms with Gasteiger partial charge in [0.1, 0.15) is 0 Å². The molecule has 0 heterocycles. The fourth-order valence-electron chi connectivity index (χ4n) is 1.23. The Bertz CT molecular complexity index is 379. The predicted octanol–water partition coefficient (Wildman–Crippen LogP) is 0.761. The molecule has 0 fully saturated rings. The van der Waals surface area contributed by atoms with Crippen molar-refractivity contribution in [3.8, 4) is 11.5 Å². The van der Waals surface area contributed by atoms with E-state index in [1.165, 1.54) is 0 Å². The minimum Gasteiger partial charge on any atom is -0.493 e. The number of carbonyl (C=O) groups is 1. The van der Waals surface area contributed by atoms with E-state index in [2.05, 4.69) is 0 Å². The highest BCUT2D eigenvalue weighted by atomic mass is 16.5. The molecule has 3 N–H and O–H groups in total. The molecule has 5 nitrogen and oxygen atoms in total. The van der Waals surface area contributed by atoms with Crippen molar-refractivity contribution in [2.75, 3.05) is 7.11 Å². The number of nitrogens with one attached hydrogen (secondary N) is 1. The Kier molecular flexibility index (Phi) is 4.13. The van der Waals surface area contributed by atoms with Crippen molar-refractivity contribution in [2.24, 2.45) is 5.84 Å². The van der Waals surface area contributed by atoms with E-state index >= 15 is 0 Å². The minimum atomic E-state index is -0.665. The highest BCUT2D eigenvalue weighted by Gasteiger charge is 2.15. The number of carbonyl (C=O) groups excluding carboxylic acids is 1. The normalized spacial score (nSPS) is 11.8. The van der Waals surface area contributed by atoms with Crippen molar-refractivity contribution in [1.29, 1.82) is 0 Å². The van der Waals surface area contributed by atoms with Gasteiger partial charge < -0.3 is 9.47 Å². The van der Waals surface area contributed by atoms with Crippen molar-refractivity contribution in [3.05, 3.63) is 23.8 Å². The summed E-state index contributed by atoms with van der Waals surface area (Å²) in [5, 5.41) is 0. The summed E-state index contributed by atoms with van der Waals surface area (Å²) >= 11 is 0. The number of amides is 1. The highest BCUT2D eigenvalue weighted by Crippen LogP contribution is 2.28. The summed E-state index contributed by atoms with van der Waals surface area (Å²) in [6, 6.07) is 5.47. The summed E-state index contributed by atoms with van der Waals surface area (Å²) in [6.07, 6.45) is -0.665. The zero-order valence-corrected chi connectivity index (χ0v) is 9.61. The van der Waals surface area contributed by atoms with Crippen molar-refractivity contribution >= 4 is 5.91 Å². The third kappa shape index (κ3) is 2.87. The first kappa shape index (κ1) is 12.3. The average molecular weight is 224 g/mol. The summed E-state index contributed by atoms with van der Waals surface area (Å²) < 4.78 is 10.6. The zero-order chi connectivity index (χ0) is 12.1. The lowest BCUT2D eigenvalue weighted by Gasteiger charge is -2.15. The SMILES string of the molecule is COc1cc(C)ccc1OC(C)C(=O)NN. The third-order valence-corrected chi connectivity index (χ3v) is 2.13. The van der Waals surface area contributed by atoms with Gasteiger partial charge in [-0.2, -0.15) is 0 Å². The highest BCUT2D eigenvalue weighted by molar-refractivity contribution is 5.80. The van der Waals surface area contributed by atoms with E-state index in [-0.39, 0.29) is 5.91 Å². The van der Waals surface area contributed by atoms with Crippen LogP contribution in [-0.2, 0) is 4.79 Å². The number of aryl methyl sites for hydroxylation is 1. The van der Waals surface area contributed by atoms with E-state index in [0.717, 1.165) is 5.56 Å². The number of rotatable bonds is 4. The maximum Gasteiger partial charge on any atom is 0.274 e. The molecule has 1 aromatic carbocycles. The fraction of sp³-hybridized carbons (Fsp3) is 0.364. The van der Waals surface area contributed by atoms with Crippen molar-refractivity contribution in [2.45, 2.75) is 20.0 Å². The van der Waals surface area contributed by atoms with Crippen LogP contribution in [0.1, 0.15) is 12.5 Å². The van der Waals surface area contributed by atoms with Gasteiger partial charge in [-0.15, -0.1) is 0 Å². The van der Waals surface area contributed by atoms with Gasteiger partial charge in [-0.1, -0.05) is 6.07 Å². The summed E-state index contributed by atoms with van der Waals surface area (Å²) in [5.41, 5.74) is 3.08. The molecule has 0 spiro atoms. The summed E-state index contributed by atoms with van der Waals surface area (Å²) in [4.78, 5) is 11.2. The van der Waals surface area contributed by atoms with E-state index < -0.39 is 6.10 Å². The Morgan fingerprint density at radius 1 is 1.44 bits per heavy atom. The van der Waals surface area contributed by atoms with Gasteiger partial charge >= 0.3 is 0 Å². The molecule has 88 valence electrons. The number of nitrogens with two attached hydrogens (primary N) is 1. The Morgan fingerprint density at radius 2 is 2.12 bits per heavy atom. The topological polar surface area (TPSA) is 73.6 Å². The molecule has 0 bridgehead atoms. The first-order valence-electron chi connectivity index (χ1n) is 4.90. The largest absolute Gasteiger partial charge is 0.493 e. The van der Waals surface area contributed by atoms with Crippen LogP contribution in [0.4, 0.5) is 0 Å². The molecule has 0 saturated heterocycles. The van der Waals surface area contributed by atoms with Crippen LogP contribution in [0, 0.1) is 6.92 Å². The molecule has 1 amide bonds. The molecular weight excluding hydrogens is 208 g/mol. The molecule has 1 unspecified atom stereocenters. The average Bonchev–Trinajstić information content (AvgIpc) is 2.30. The number of methoxy groups -OCH3 is 1. The molecule has 0 aliphatic rings. The second kappa shape index (κ2) is 5.37. The number of benzene rings is 1. The van der Waals surface area contributed by atoms with Gasteiger partial charge in [0.05, 0.1) is 7.11 Å². The van der Waals surface area contributed by atoms with Crippen LogP contribution in [0.5, 0.6) is 11.5 Å². The summed E-state index contributed by atoms with van der Waals surface area (Å²) in [6.45, 7) is 3.56. The molecular formula is C11H16N2O3. The lowest BCUT2D eigenvalue weighted by Crippen LogP contribution is -2.40. The van der Waals surface area contributed by atoms with Gasteiger partial charge in [0.15, 0.2) is 17.6 Å². The molecule has 1 rings (SSSR count). The fourth-order valence-corrected chi connectivity index (χ4v) is 1.23. The van der Waals surface area contributed by atoms with Gasteiger partial charge in [0, 0.05) is 0 Å². The van der Waals surface area contributed by atoms with Crippen LogP contribution in [0.3, 0.4) is 0 Å². The van der Waals surface area contributed by atoms with E-state index in [1.54, 1.807) is 20.1 Å². The number of ether oxygens (including phenoxy) is 2. The van der Waals surface area contributed by atoms with Gasteiger partial charge in [-0.25, -0.2) is 5.84 Å². The van der Waals surface area contributed by atoms with Crippen LogP contribution >= 0.6 is 0 Å². The lowest BCUT2D eigenvalue weighted by atomic mass is 10.2. The molecule has 0 saturated carbocycles. The zero-order valence-electron chi connectivity index (χ0n) is 9.61.